The van der Waals surface area contributed by atoms with Gasteiger partial charge < -0.3 is 4.74 Å². The number of ether oxygens (including phenoxy) is 1. The molecule has 1 aromatic heterocycles. The summed E-state index contributed by atoms with van der Waals surface area (Å²) in [5.41, 5.74) is 1.15. The van der Waals surface area contributed by atoms with E-state index in [1.165, 1.54) is 32.1 Å². The van der Waals surface area contributed by atoms with E-state index < -0.39 is 0 Å². The molecule has 0 amide bonds. The average Bonchev–Trinajstić information content (AvgIpc) is 2.89. The highest BCUT2D eigenvalue weighted by Crippen LogP contribution is 2.42. The third-order valence-corrected chi connectivity index (χ3v) is 5.01. The second-order valence-corrected chi connectivity index (χ2v) is 7.35. The van der Waals surface area contributed by atoms with Gasteiger partial charge in [-0.1, -0.05) is 40.4 Å². The number of aromatic nitrogens is 3. The van der Waals surface area contributed by atoms with Gasteiger partial charge in [-0.2, -0.15) is 0 Å². The number of nitrogens with zero attached hydrogens (tertiary/aromatic N) is 3. The van der Waals surface area contributed by atoms with Crippen molar-refractivity contribution in [3.05, 3.63) is 11.9 Å². The Labute approximate surface area is 123 Å². The summed E-state index contributed by atoms with van der Waals surface area (Å²) in [5, 5.41) is 8.57. The van der Waals surface area contributed by atoms with Crippen molar-refractivity contribution in [1.82, 2.24) is 15.0 Å². The molecule has 1 aliphatic carbocycles. The summed E-state index contributed by atoms with van der Waals surface area (Å²) in [6.07, 6.45) is 10.7. The molecular formula is C14H22BrN3O. The van der Waals surface area contributed by atoms with E-state index in [1.807, 2.05) is 0 Å². The molecule has 0 N–H and O–H groups in total. The van der Waals surface area contributed by atoms with Crippen LogP contribution in [0.15, 0.2) is 6.20 Å². The van der Waals surface area contributed by atoms with Gasteiger partial charge in [-0.3, -0.25) is 0 Å². The monoisotopic (exact) mass is 327 g/mol. The smallest absolute Gasteiger partial charge is 0.0960 e. The van der Waals surface area contributed by atoms with Gasteiger partial charge in [-0.15, -0.1) is 5.10 Å². The minimum Gasteiger partial charge on any atom is -0.375 e. The molecule has 0 aromatic carbocycles. The van der Waals surface area contributed by atoms with Crippen molar-refractivity contribution < 1.29 is 4.74 Å². The third-order valence-electron chi connectivity index (χ3n) is 4.54. The molecule has 106 valence electrons. The maximum atomic E-state index is 6.14. The van der Waals surface area contributed by atoms with Crippen LogP contribution in [-0.4, -0.2) is 27.2 Å². The van der Waals surface area contributed by atoms with Crippen molar-refractivity contribution in [3.8, 4) is 0 Å². The van der Waals surface area contributed by atoms with E-state index in [1.54, 1.807) is 0 Å². The zero-order valence-corrected chi connectivity index (χ0v) is 13.1. The van der Waals surface area contributed by atoms with Crippen molar-refractivity contribution in [3.63, 3.8) is 0 Å². The molecule has 3 rings (SSSR count). The molecule has 2 unspecified atom stereocenters. The Balaban J connectivity index is 1.73. The van der Waals surface area contributed by atoms with Crippen LogP contribution in [0.2, 0.25) is 0 Å². The first kappa shape index (κ1) is 13.6. The van der Waals surface area contributed by atoms with E-state index in [0.717, 1.165) is 25.1 Å². The molecule has 1 spiro atoms. The quantitative estimate of drug-likeness (QED) is 0.776. The van der Waals surface area contributed by atoms with Gasteiger partial charge in [0.1, 0.15) is 0 Å². The molecule has 1 aromatic rings. The fourth-order valence-corrected chi connectivity index (χ4v) is 3.63. The number of hydrogen-bond acceptors (Lipinski definition) is 3. The predicted octanol–water partition coefficient (Wildman–Crippen LogP) is 3.79. The second kappa shape index (κ2) is 5.52. The first-order valence-electron chi connectivity index (χ1n) is 7.38. The molecule has 4 nitrogen and oxygen atoms in total. The van der Waals surface area contributed by atoms with Crippen LogP contribution in [0.4, 0.5) is 0 Å². The lowest BCUT2D eigenvalue weighted by Gasteiger charge is -2.43. The van der Waals surface area contributed by atoms with E-state index >= 15 is 0 Å². The Morgan fingerprint density at radius 1 is 1.42 bits per heavy atom. The number of rotatable bonds is 2. The van der Waals surface area contributed by atoms with E-state index in [2.05, 4.69) is 44.0 Å². The Hall–Kier alpha value is -0.420. The van der Waals surface area contributed by atoms with Crippen molar-refractivity contribution in [2.75, 3.05) is 6.61 Å². The molecule has 2 aliphatic rings. The van der Waals surface area contributed by atoms with Crippen LogP contribution in [0.25, 0.3) is 0 Å². The predicted molar refractivity (Wildman–Crippen MR) is 77.4 cm³/mol. The van der Waals surface area contributed by atoms with Crippen LogP contribution >= 0.6 is 15.9 Å². The molecule has 2 atom stereocenters. The van der Waals surface area contributed by atoms with Crippen LogP contribution in [0, 0.1) is 0 Å². The summed E-state index contributed by atoms with van der Waals surface area (Å²) in [5.74, 6) is 0. The van der Waals surface area contributed by atoms with Crippen LogP contribution in [0.3, 0.4) is 0 Å². The maximum Gasteiger partial charge on any atom is 0.0960 e. The highest BCUT2D eigenvalue weighted by molar-refractivity contribution is 9.09. The Bertz CT molecular complexity index is 421. The lowest BCUT2D eigenvalue weighted by molar-refractivity contribution is -0.115. The third kappa shape index (κ3) is 2.87. The second-order valence-electron chi connectivity index (χ2n) is 5.98. The summed E-state index contributed by atoms with van der Waals surface area (Å²) in [6, 6.07) is 0.458. The molecule has 1 saturated carbocycles. The molecule has 19 heavy (non-hydrogen) atoms. The number of alkyl halides is 1. The molecule has 2 heterocycles. The summed E-state index contributed by atoms with van der Waals surface area (Å²) in [4.78, 5) is 0.268. The summed E-state index contributed by atoms with van der Waals surface area (Å²) < 4.78 is 8.20. The Morgan fingerprint density at radius 2 is 2.21 bits per heavy atom. The van der Waals surface area contributed by atoms with Crippen LogP contribution in [0.5, 0.6) is 0 Å². The highest BCUT2D eigenvalue weighted by atomic mass is 79.9. The van der Waals surface area contributed by atoms with E-state index in [4.69, 9.17) is 4.74 Å². The Kier molecular flexibility index (Phi) is 3.94. The number of halogens is 1. The average molecular weight is 328 g/mol. The van der Waals surface area contributed by atoms with Gasteiger partial charge in [0.15, 0.2) is 0 Å². The molecule has 5 heteroatoms. The summed E-state index contributed by atoms with van der Waals surface area (Å²) in [6.45, 7) is 2.95. The van der Waals surface area contributed by atoms with E-state index in [-0.39, 0.29) is 10.4 Å². The van der Waals surface area contributed by atoms with Gasteiger partial charge in [-0.25, -0.2) is 4.68 Å². The van der Waals surface area contributed by atoms with E-state index in [0.29, 0.717) is 6.04 Å². The fourth-order valence-electron chi connectivity index (χ4n) is 3.42. The zero-order valence-electron chi connectivity index (χ0n) is 11.5. The minimum absolute atomic E-state index is 0.132. The standard InChI is InChI=1S/C14H22BrN3O/c1-11(15)13-10-18(17-16-13)12-5-8-19-14(9-12)6-3-2-4-7-14/h10-12H,2-9H2,1H3. The van der Waals surface area contributed by atoms with Gasteiger partial charge >= 0.3 is 0 Å². The molecule has 1 aliphatic heterocycles. The zero-order chi connectivity index (χ0) is 13.3. The molecule has 2 fully saturated rings. The van der Waals surface area contributed by atoms with Crippen molar-refractivity contribution >= 4 is 15.9 Å². The minimum atomic E-state index is 0.132. The first-order valence-corrected chi connectivity index (χ1v) is 8.30. The van der Waals surface area contributed by atoms with Crippen molar-refractivity contribution in [1.29, 1.82) is 0 Å². The topological polar surface area (TPSA) is 39.9 Å². The van der Waals surface area contributed by atoms with Gasteiger partial charge in [0.05, 0.1) is 22.2 Å². The summed E-state index contributed by atoms with van der Waals surface area (Å²) >= 11 is 3.55. The molecule has 1 saturated heterocycles. The highest BCUT2D eigenvalue weighted by Gasteiger charge is 2.39. The van der Waals surface area contributed by atoms with E-state index in [9.17, 15) is 0 Å². The van der Waals surface area contributed by atoms with Crippen molar-refractivity contribution in [2.24, 2.45) is 0 Å². The largest absolute Gasteiger partial charge is 0.375 e. The first-order chi connectivity index (χ1) is 9.19. The molecule has 0 radical (unpaired) electrons. The lowest BCUT2D eigenvalue weighted by atomic mass is 9.78. The van der Waals surface area contributed by atoms with Gasteiger partial charge in [0, 0.05) is 12.8 Å². The number of hydrogen-bond donors (Lipinski definition) is 0. The fraction of sp³-hybridized carbons (Fsp3) is 0.857. The van der Waals surface area contributed by atoms with Crippen molar-refractivity contribution in [2.45, 2.75) is 68.3 Å². The van der Waals surface area contributed by atoms with Crippen LogP contribution in [0.1, 0.15) is 68.4 Å². The summed E-state index contributed by atoms with van der Waals surface area (Å²) in [7, 11) is 0. The van der Waals surface area contributed by atoms with Gasteiger partial charge in [0.25, 0.3) is 0 Å². The van der Waals surface area contributed by atoms with Crippen LogP contribution < -0.4 is 0 Å². The van der Waals surface area contributed by atoms with Gasteiger partial charge in [-0.05, 0) is 32.6 Å². The molecular weight excluding hydrogens is 306 g/mol. The Morgan fingerprint density at radius 3 is 2.89 bits per heavy atom. The van der Waals surface area contributed by atoms with Crippen LogP contribution in [-0.2, 0) is 4.74 Å². The maximum absolute atomic E-state index is 6.14. The SMILES string of the molecule is CC(Br)c1cn(C2CCOC3(CCCCC3)C2)nn1. The normalized spacial score (nSPS) is 28.4. The molecule has 0 bridgehead atoms. The van der Waals surface area contributed by atoms with Gasteiger partial charge in [0.2, 0.25) is 0 Å². The lowest BCUT2D eigenvalue weighted by Crippen LogP contribution is -2.42.